The minimum absolute atomic E-state index is 0.334. The van der Waals surface area contributed by atoms with E-state index in [2.05, 4.69) is 26.2 Å². The minimum atomic E-state index is -0.413. The molecule has 0 unspecified atom stereocenters. The van der Waals surface area contributed by atoms with Gasteiger partial charge in [0.05, 0.1) is 12.6 Å². The number of benzene rings is 1. The molecule has 1 heterocycles. The second-order valence-electron chi connectivity index (χ2n) is 5.03. The molecule has 0 aliphatic heterocycles. The Hall–Kier alpha value is -1.62. The number of hydrogen-bond acceptors (Lipinski definition) is 4. The van der Waals surface area contributed by atoms with Gasteiger partial charge in [0, 0.05) is 22.1 Å². The Kier molecular flexibility index (Phi) is 3.61. The first kappa shape index (κ1) is 13.4. The van der Waals surface area contributed by atoms with Gasteiger partial charge in [-0.2, -0.15) is 0 Å². The predicted octanol–water partition coefficient (Wildman–Crippen LogP) is 3.61. The second kappa shape index (κ2) is 5.40. The molecule has 0 saturated heterocycles. The van der Waals surface area contributed by atoms with Crippen LogP contribution in [0.4, 0.5) is 5.69 Å². The number of methoxy groups -OCH3 is 1. The van der Waals surface area contributed by atoms with E-state index in [4.69, 9.17) is 4.74 Å². The molecule has 0 amide bonds. The van der Waals surface area contributed by atoms with Crippen LogP contribution >= 0.6 is 15.9 Å². The fourth-order valence-electron chi connectivity index (χ4n) is 2.13. The number of anilines is 1. The molecule has 5 heteroatoms. The lowest BCUT2D eigenvalue weighted by Crippen LogP contribution is -2.09. The molecule has 1 N–H and O–H groups in total. The maximum absolute atomic E-state index is 11.7. The van der Waals surface area contributed by atoms with Gasteiger partial charge < -0.3 is 10.1 Å². The summed E-state index contributed by atoms with van der Waals surface area (Å²) in [6.45, 7) is 0.937. The standard InChI is InChI=1S/C15H15BrN2O2/c1-20-15(19)14-7-13(17-8-9-2-3-9)11-6-10(16)4-5-12(11)18-14/h4-7,9H,2-3,8H2,1H3,(H,17,18). The molecule has 0 atom stereocenters. The van der Waals surface area contributed by atoms with Gasteiger partial charge >= 0.3 is 5.97 Å². The highest BCUT2D eigenvalue weighted by atomic mass is 79.9. The van der Waals surface area contributed by atoms with Crippen molar-refractivity contribution in [3.05, 3.63) is 34.4 Å². The first-order chi connectivity index (χ1) is 9.67. The van der Waals surface area contributed by atoms with Crippen molar-refractivity contribution in [2.24, 2.45) is 5.92 Å². The molecule has 1 saturated carbocycles. The van der Waals surface area contributed by atoms with Gasteiger partial charge in [0.15, 0.2) is 5.69 Å². The topological polar surface area (TPSA) is 51.2 Å². The van der Waals surface area contributed by atoms with Crippen molar-refractivity contribution in [2.45, 2.75) is 12.8 Å². The van der Waals surface area contributed by atoms with E-state index in [-0.39, 0.29) is 0 Å². The lowest BCUT2D eigenvalue weighted by molar-refractivity contribution is 0.0594. The summed E-state index contributed by atoms with van der Waals surface area (Å²) in [5.41, 5.74) is 2.05. The zero-order valence-corrected chi connectivity index (χ0v) is 12.7. The average molecular weight is 335 g/mol. The Bertz CT molecular complexity index is 668. The van der Waals surface area contributed by atoms with Gasteiger partial charge in [-0.25, -0.2) is 9.78 Å². The van der Waals surface area contributed by atoms with E-state index in [1.165, 1.54) is 20.0 Å². The van der Waals surface area contributed by atoms with Crippen LogP contribution in [-0.4, -0.2) is 24.6 Å². The molecule has 1 aromatic carbocycles. The summed E-state index contributed by atoms with van der Waals surface area (Å²) >= 11 is 3.47. The van der Waals surface area contributed by atoms with Gasteiger partial charge in [-0.05, 0) is 43.0 Å². The van der Waals surface area contributed by atoms with Crippen molar-refractivity contribution >= 4 is 38.5 Å². The molecular formula is C15H15BrN2O2. The summed E-state index contributed by atoms with van der Waals surface area (Å²) in [4.78, 5) is 16.1. The van der Waals surface area contributed by atoms with E-state index in [0.29, 0.717) is 5.69 Å². The van der Waals surface area contributed by atoms with E-state index < -0.39 is 5.97 Å². The minimum Gasteiger partial charge on any atom is -0.464 e. The van der Waals surface area contributed by atoms with E-state index >= 15 is 0 Å². The van der Waals surface area contributed by atoms with E-state index in [1.807, 2.05) is 18.2 Å². The number of carbonyl (C=O) groups is 1. The van der Waals surface area contributed by atoms with Gasteiger partial charge in [0.1, 0.15) is 0 Å². The van der Waals surface area contributed by atoms with Crippen LogP contribution in [0.25, 0.3) is 10.9 Å². The van der Waals surface area contributed by atoms with Crippen LogP contribution in [0, 0.1) is 5.92 Å². The van der Waals surface area contributed by atoms with Crippen LogP contribution < -0.4 is 5.32 Å². The number of nitrogens with zero attached hydrogens (tertiary/aromatic N) is 1. The summed E-state index contributed by atoms with van der Waals surface area (Å²) in [5.74, 6) is 0.344. The zero-order valence-electron chi connectivity index (χ0n) is 11.1. The monoisotopic (exact) mass is 334 g/mol. The summed E-state index contributed by atoms with van der Waals surface area (Å²) in [5, 5.41) is 4.43. The van der Waals surface area contributed by atoms with Crippen LogP contribution in [0.15, 0.2) is 28.7 Å². The number of nitrogens with one attached hydrogen (secondary N) is 1. The van der Waals surface area contributed by atoms with Crippen molar-refractivity contribution in [1.29, 1.82) is 0 Å². The number of rotatable bonds is 4. The number of esters is 1. The van der Waals surface area contributed by atoms with Crippen LogP contribution in [0.3, 0.4) is 0 Å². The van der Waals surface area contributed by atoms with E-state index in [0.717, 1.165) is 33.5 Å². The Morgan fingerprint density at radius 1 is 1.45 bits per heavy atom. The van der Waals surface area contributed by atoms with Gasteiger partial charge in [0.2, 0.25) is 0 Å². The molecule has 20 heavy (non-hydrogen) atoms. The van der Waals surface area contributed by atoms with Gasteiger partial charge in [-0.1, -0.05) is 15.9 Å². The van der Waals surface area contributed by atoms with Crippen LogP contribution in [0.5, 0.6) is 0 Å². The number of fused-ring (bicyclic) bond motifs is 1. The molecule has 3 rings (SSSR count). The maximum atomic E-state index is 11.7. The van der Waals surface area contributed by atoms with Gasteiger partial charge in [-0.3, -0.25) is 0 Å². The number of halogens is 1. The highest BCUT2D eigenvalue weighted by molar-refractivity contribution is 9.10. The summed E-state index contributed by atoms with van der Waals surface area (Å²) in [6.07, 6.45) is 2.56. The molecule has 0 radical (unpaired) electrons. The Morgan fingerprint density at radius 2 is 2.25 bits per heavy atom. The molecule has 104 valence electrons. The highest BCUT2D eigenvalue weighted by Gasteiger charge is 2.21. The maximum Gasteiger partial charge on any atom is 0.356 e. The van der Waals surface area contributed by atoms with Crippen LogP contribution in [-0.2, 0) is 4.74 Å². The largest absolute Gasteiger partial charge is 0.464 e. The first-order valence-corrected chi connectivity index (χ1v) is 7.39. The van der Waals surface area contributed by atoms with E-state index in [1.54, 1.807) is 6.07 Å². The van der Waals surface area contributed by atoms with Crippen molar-refractivity contribution < 1.29 is 9.53 Å². The summed E-state index contributed by atoms with van der Waals surface area (Å²) in [6, 6.07) is 7.59. The number of ether oxygens (including phenoxy) is 1. The lowest BCUT2D eigenvalue weighted by Gasteiger charge is -2.11. The third-order valence-corrected chi connectivity index (χ3v) is 3.94. The molecule has 1 aromatic heterocycles. The van der Waals surface area contributed by atoms with Crippen LogP contribution in [0.2, 0.25) is 0 Å². The first-order valence-electron chi connectivity index (χ1n) is 6.60. The number of carbonyl (C=O) groups excluding carboxylic acids is 1. The average Bonchev–Trinajstić information content (AvgIpc) is 3.28. The molecule has 1 aliphatic rings. The van der Waals surface area contributed by atoms with Crippen molar-refractivity contribution in [3.63, 3.8) is 0 Å². The molecule has 2 aromatic rings. The predicted molar refractivity (Wildman–Crippen MR) is 82.0 cm³/mol. The smallest absolute Gasteiger partial charge is 0.356 e. The summed E-state index contributed by atoms with van der Waals surface area (Å²) in [7, 11) is 1.37. The molecule has 1 fully saturated rings. The van der Waals surface area contributed by atoms with Gasteiger partial charge in [0.25, 0.3) is 0 Å². The number of aromatic nitrogens is 1. The second-order valence-corrected chi connectivity index (χ2v) is 5.95. The van der Waals surface area contributed by atoms with Gasteiger partial charge in [-0.15, -0.1) is 0 Å². The third kappa shape index (κ3) is 2.77. The van der Waals surface area contributed by atoms with Crippen molar-refractivity contribution in [2.75, 3.05) is 19.0 Å². The normalized spacial score (nSPS) is 14.3. The number of hydrogen-bond donors (Lipinski definition) is 1. The molecule has 1 aliphatic carbocycles. The quantitative estimate of drug-likeness (QED) is 0.868. The Morgan fingerprint density at radius 3 is 2.95 bits per heavy atom. The number of pyridine rings is 1. The fraction of sp³-hybridized carbons (Fsp3) is 0.333. The van der Waals surface area contributed by atoms with Crippen LogP contribution in [0.1, 0.15) is 23.3 Å². The summed E-state index contributed by atoms with van der Waals surface area (Å²) < 4.78 is 5.76. The van der Waals surface area contributed by atoms with Crippen molar-refractivity contribution in [1.82, 2.24) is 4.98 Å². The Balaban J connectivity index is 2.05. The fourth-order valence-corrected chi connectivity index (χ4v) is 2.49. The lowest BCUT2D eigenvalue weighted by atomic mass is 10.1. The molecule has 4 nitrogen and oxygen atoms in total. The van der Waals surface area contributed by atoms with Crippen molar-refractivity contribution in [3.8, 4) is 0 Å². The third-order valence-electron chi connectivity index (χ3n) is 3.44. The molecular weight excluding hydrogens is 320 g/mol. The zero-order chi connectivity index (χ0) is 14.1. The highest BCUT2D eigenvalue weighted by Crippen LogP contribution is 2.31. The molecule has 0 spiro atoms. The Labute approximate surface area is 125 Å². The van der Waals surface area contributed by atoms with E-state index in [9.17, 15) is 4.79 Å². The molecule has 0 bridgehead atoms. The SMILES string of the molecule is COC(=O)c1cc(NCC2CC2)c2cc(Br)ccc2n1.